The Labute approximate surface area is 100 Å². The third-order valence-electron chi connectivity index (χ3n) is 0. The Kier molecular flexibility index (Phi) is 726. The second kappa shape index (κ2) is 203. The van der Waals surface area contributed by atoms with Crippen LogP contribution in [0.5, 0.6) is 0 Å². The molecular formula is C8H36N4O4. The van der Waals surface area contributed by atoms with Crippen LogP contribution >= 0.6 is 0 Å². The summed E-state index contributed by atoms with van der Waals surface area (Å²) in [6, 6.07) is 0. The maximum Gasteiger partial charge on any atom is 0.0402 e. The molecule has 0 spiro atoms. The Morgan fingerprint density at radius 2 is 0.438 bits per heavy atom. The molecule has 0 aromatic rings. The highest BCUT2D eigenvalue weighted by molar-refractivity contribution is 3.84. The third kappa shape index (κ3) is 21500. The molecule has 0 unspecified atom stereocenters. The fourth-order valence-electron chi connectivity index (χ4n) is 0. The number of rotatable bonds is 0. The summed E-state index contributed by atoms with van der Waals surface area (Å²) in [6.07, 6.45) is 0. The molecule has 0 rings (SSSR count). The lowest BCUT2D eigenvalue weighted by atomic mass is 10.9. The fourth-order valence-corrected chi connectivity index (χ4v) is 0. The summed E-state index contributed by atoms with van der Waals surface area (Å²) in [5, 5.41) is 30.3. The van der Waals surface area contributed by atoms with Gasteiger partial charge in [-0.3, -0.25) is 0 Å². The summed E-state index contributed by atoms with van der Waals surface area (Å²) in [5.41, 5.74) is 0. The molecule has 112 valence electrons. The van der Waals surface area contributed by atoms with Crippen LogP contribution < -0.4 is 24.6 Å². The van der Waals surface area contributed by atoms with Crippen LogP contribution in [0.1, 0.15) is 27.7 Å². The smallest absolute Gasteiger partial charge is 0.0402 e. The van der Waals surface area contributed by atoms with Crippen LogP contribution in [0.2, 0.25) is 0 Å². The molecule has 8 nitrogen and oxygen atoms in total. The Bertz CT molecular complexity index is 32.0. The van der Waals surface area contributed by atoms with Gasteiger partial charge in [-0.25, -0.2) is 0 Å². The zero-order chi connectivity index (χ0) is 10.8. The topological polar surface area (TPSA) is 221 Å². The predicted octanol–water partition coefficient (Wildman–Crippen LogP) is 0.642. The first-order chi connectivity index (χ1) is 5.66. The minimum Gasteiger partial charge on any atom is -0.397 e. The predicted molar refractivity (Wildman–Crippen MR) is 71.1 cm³/mol. The van der Waals surface area contributed by atoms with Crippen molar-refractivity contribution in [1.29, 1.82) is 0 Å². The van der Waals surface area contributed by atoms with Crippen LogP contribution in [-0.4, -0.2) is 46.9 Å². The molecule has 0 saturated carbocycles. The average Bonchev–Trinajstić information content (AvgIpc) is 1.92. The Hall–Kier alpha value is -0.320. The van der Waals surface area contributed by atoms with Gasteiger partial charge < -0.3 is 45.0 Å². The number of aliphatic hydroxyl groups excluding tert-OH is 4. The molecule has 0 aliphatic rings. The van der Waals surface area contributed by atoms with E-state index in [0.717, 1.165) is 0 Å². The molecule has 0 aliphatic carbocycles. The summed E-state index contributed by atoms with van der Waals surface area (Å²) < 4.78 is 0. The van der Waals surface area contributed by atoms with Crippen LogP contribution in [0, 0.1) is 0 Å². The summed E-state index contributed by atoms with van der Waals surface area (Å²) in [7, 11) is 0. The lowest BCUT2D eigenvalue weighted by Gasteiger charge is -1.52. The van der Waals surface area contributed by atoms with Gasteiger partial charge in [-0.1, -0.05) is 0 Å². The van der Waals surface area contributed by atoms with Crippen molar-refractivity contribution in [2.45, 2.75) is 27.7 Å². The highest BCUT2D eigenvalue weighted by Crippen LogP contribution is 1.30. The normalized spacial score (nSPS) is 4.50. The molecule has 0 atom stereocenters. The minimum absolute atomic E-state index is 0. The zero-order valence-corrected chi connectivity index (χ0v) is 11.4. The Balaban J connectivity index is -0.00000000821. The van der Waals surface area contributed by atoms with Crippen LogP contribution in [0.4, 0.5) is 0 Å². The van der Waals surface area contributed by atoms with Crippen molar-refractivity contribution in [3.63, 3.8) is 0 Å². The van der Waals surface area contributed by atoms with Gasteiger partial charge in [-0.15, -0.1) is 0 Å². The monoisotopic (exact) mass is 252 g/mol. The minimum atomic E-state index is 0. The van der Waals surface area contributed by atoms with Crippen LogP contribution in [0.25, 0.3) is 0 Å². The van der Waals surface area contributed by atoms with E-state index in [4.69, 9.17) is 20.4 Å². The van der Waals surface area contributed by atoms with Crippen molar-refractivity contribution in [1.82, 2.24) is 24.6 Å². The highest BCUT2D eigenvalue weighted by Gasteiger charge is 1.35. The van der Waals surface area contributed by atoms with E-state index >= 15 is 0 Å². The largest absolute Gasteiger partial charge is 0.397 e. The molecule has 16 heavy (non-hydrogen) atoms. The van der Waals surface area contributed by atoms with Crippen LogP contribution in [-0.2, 0) is 0 Å². The van der Waals surface area contributed by atoms with Gasteiger partial charge in [-0.2, -0.15) is 0 Å². The molecule has 0 aliphatic heterocycles. The first-order valence-electron chi connectivity index (χ1n) is 4.09. The van der Waals surface area contributed by atoms with Gasteiger partial charge in [0.25, 0.3) is 0 Å². The molecule has 0 bridgehead atoms. The van der Waals surface area contributed by atoms with Crippen LogP contribution in [0.3, 0.4) is 0 Å². The van der Waals surface area contributed by atoms with E-state index in [0.29, 0.717) is 0 Å². The van der Waals surface area contributed by atoms with Gasteiger partial charge in [0.1, 0.15) is 0 Å². The Morgan fingerprint density at radius 3 is 0.438 bits per heavy atom. The lowest BCUT2D eigenvalue weighted by molar-refractivity contribution is 0.318. The quantitative estimate of drug-likeness (QED) is 0.304. The van der Waals surface area contributed by atoms with Gasteiger partial charge in [0, 0.05) is 26.4 Å². The number of hydrogen-bond acceptors (Lipinski definition) is 8. The lowest BCUT2D eigenvalue weighted by Crippen LogP contribution is -1.57. The van der Waals surface area contributed by atoms with Crippen LogP contribution in [0.15, 0.2) is 0 Å². The van der Waals surface area contributed by atoms with Gasteiger partial charge in [0.2, 0.25) is 0 Å². The molecule has 0 heterocycles. The molecule has 16 N–H and O–H groups in total. The van der Waals surface area contributed by atoms with Gasteiger partial charge in [-0.05, 0) is 27.7 Å². The maximum absolute atomic E-state index is 7.57. The molecule has 0 aromatic carbocycles. The Morgan fingerprint density at radius 1 is 0.438 bits per heavy atom. The molecule has 8 heteroatoms. The third-order valence-corrected chi connectivity index (χ3v) is 0. The van der Waals surface area contributed by atoms with Crippen molar-refractivity contribution in [2.24, 2.45) is 0 Å². The van der Waals surface area contributed by atoms with Gasteiger partial charge in [0.15, 0.2) is 0 Å². The fraction of sp³-hybridized carbons (Fsp3) is 1.00. The molecular weight excluding hydrogens is 216 g/mol. The van der Waals surface area contributed by atoms with E-state index < -0.39 is 0 Å². The number of hydrogen-bond donors (Lipinski definition) is 8. The van der Waals surface area contributed by atoms with E-state index in [-0.39, 0.29) is 51.0 Å². The zero-order valence-electron chi connectivity index (χ0n) is 11.4. The SMILES string of the molecule is CCO.CCO.CCO.CCO.N.N.N.N. The first-order valence-corrected chi connectivity index (χ1v) is 4.09. The second-order valence-electron chi connectivity index (χ2n) is 1.26. The molecule has 0 radical (unpaired) electrons. The summed E-state index contributed by atoms with van der Waals surface area (Å²) in [6.45, 7) is 7.72. The molecule has 0 fully saturated rings. The van der Waals surface area contributed by atoms with E-state index in [1.165, 1.54) is 0 Å². The first kappa shape index (κ1) is 57.3. The summed E-state index contributed by atoms with van der Waals surface area (Å²) >= 11 is 0. The molecule has 0 aromatic heterocycles. The van der Waals surface area contributed by atoms with Crippen molar-refractivity contribution >= 4 is 0 Å². The van der Waals surface area contributed by atoms with Crippen molar-refractivity contribution in [3.8, 4) is 0 Å². The maximum atomic E-state index is 7.57. The van der Waals surface area contributed by atoms with Gasteiger partial charge in [0.05, 0.1) is 0 Å². The molecule has 0 amide bonds. The van der Waals surface area contributed by atoms with Crippen molar-refractivity contribution in [2.75, 3.05) is 26.4 Å². The standard InChI is InChI=1S/4C2H6O.4H3N/c4*1-2-3;;;;/h4*3H,2H2,1H3;4*1H3. The van der Waals surface area contributed by atoms with E-state index in [2.05, 4.69) is 0 Å². The van der Waals surface area contributed by atoms with E-state index in [1.807, 2.05) is 0 Å². The van der Waals surface area contributed by atoms with Crippen molar-refractivity contribution in [3.05, 3.63) is 0 Å². The highest BCUT2D eigenvalue weighted by atomic mass is 16.3. The van der Waals surface area contributed by atoms with E-state index in [9.17, 15) is 0 Å². The number of aliphatic hydroxyl groups is 4. The average molecular weight is 252 g/mol. The van der Waals surface area contributed by atoms with Crippen molar-refractivity contribution < 1.29 is 20.4 Å². The van der Waals surface area contributed by atoms with Gasteiger partial charge >= 0.3 is 0 Å². The second-order valence-corrected chi connectivity index (χ2v) is 1.26. The molecule has 0 saturated heterocycles. The van der Waals surface area contributed by atoms with E-state index in [1.54, 1.807) is 27.7 Å². The summed E-state index contributed by atoms with van der Waals surface area (Å²) in [5.74, 6) is 0. The summed E-state index contributed by atoms with van der Waals surface area (Å²) in [4.78, 5) is 0.